The van der Waals surface area contributed by atoms with E-state index in [0.717, 1.165) is 0 Å². The van der Waals surface area contributed by atoms with Gasteiger partial charge in [0.05, 0.1) is 5.38 Å². The van der Waals surface area contributed by atoms with Crippen LogP contribution in [0, 0.1) is 6.92 Å². The molecule has 1 nitrogen and oxygen atoms in total. The first-order valence-electron chi connectivity index (χ1n) is 3.21. The first kappa shape index (κ1) is 5.86. The average molecular weight is 150 g/mol. The molecule has 2 heterocycles. The van der Waals surface area contributed by atoms with Crippen LogP contribution in [0.5, 0.6) is 0 Å². The summed E-state index contributed by atoms with van der Waals surface area (Å²) >= 11 is 1.76. The quantitative estimate of drug-likeness (QED) is 0.504. The third kappa shape index (κ3) is 0.809. The average Bonchev–Trinajstić information content (AvgIpc) is 2.33. The number of fused-ring (bicyclic) bond motifs is 1. The highest BCUT2D eigenvalue weighted by molar-refractivity contribution is 7.14. The fourth-order valence-corrected chi connectivity index (χ4v) is 1.80. The third-order valence-electron chi connectivity index (χ3n) is 1.51. The van der Waals surface area contributed by atoms with E-state index in [4.69, 9.17) is 0 Å². The van der Waals surface area contributed by atoms with Crippen LogP contribution >= 0.6 is 11.3 Å². The van der Waals surface area contributed by atoms with Crippen molar-refractivity contribution in [3.63, 3.8) is 0 Å². The highest BCUT2D eigenvalue weighted by Crippen LogP contribution is 2.05. The summed E-state index contributed by atoms with van der Waals surface area (Å²) in [5.41, 5.74) is 1.32. The Kier molecular flexibility index (Phi) is 1.21. The van der Waals surface area contributed by atoms with Crippen molar-refractivity contribution in [2.24, 2.45) is 0 Å². The van der Waals surface area contributed by atoms with E-state index in [1.807, 2.05) is 0 Å². The lowest BCUT2D eigenvalue weighted by Gasteiger charge is -1.83. The van der Waals surface area contributed by atoms with Crippen molar-refractivity contribution in [1.82, 2.24) is 0 Å². The van der Waals surface area contributed by atoms with Crippen molar-refractivity contribution in [3.05, 3.63) is 35.5 Å². The van der Waals surface area contributed by atoms with Crippen LogP contribution in [0.3, 0.4) is 0 Å². The Bertz CT molecular complexity index is 351. The van der Waals surface area contributed by atoms with Crippen LogP contribution in [-0.2, 0) is 0 Å². The highest BCUT2D eigenvalue weighted by atomic mass is 32.1. The molecule has 0 N–H and O–H groups in total. The minimum atomic E-state index is 1.31. The SMILES string of the molecule is Cc1cc[n+]2ccsc2c1. The van der Waals surface area contributed by atoms with E-state index in [-0.39, 0.29) is 0 Å². The zero-order valence-corrected chi connectivity index (χ0v) is 6.56. The van der Waals surface area contributed by atoms with Crippen LogP contribution in [0.25, 0.3) is 4.83 Å². The van der Waals surface area contributed by atoms with Crippen LogP contribution in [0.4, 0.5) is 0 Å². The number of pyridine rings is 1. The van der Waals surface area contributed by atoms with Crippen LogP contribution < -0.4 is 4.40 Å². The lowest BCUT2D eigenvalue weighted by molar-refractivity contribution is -0.507. The Morgan fingerprint density at radius 1 is 1.40 bits per heavy atom. The smallest absolute Gasteiger partial charge is 0.157 e. The second-order valence-electron chi connectivity index (χ2n) is 2.35. The minimum absolute atomic E-state index is 1.31. The summed E-state index contributed by atoms with van der Waals surface area (Å²) < 4.78 is 2.12. The van der Waals surface area contributed by atoms with Gasteiger partial charge in [-0.05, 0) is 12.5 Å². The van der Waals surface area contributed by atoms with E-state index in [1.54, 1.807) is 11.3 Å². The Balaban J connectivity index is 2.86. The fourth-order valence-electron chi connectivity index (χ4n) is 0.972. The Morgan fingerprint density at radius 3 is 3.20 bits per heavy atom. The van der Waals surface area contributed by atoms with E-state index >= 15 is 0 Å². The van der Waals surface area contributed by atoms with Crippen LogP contribution in [-0.4, -0.2) is 0 Å². The molecule has 0 saturated carbocycles. The van der Waals surface area contributed by atoms with Crippen LogP contribution in [0.2, 0.25) is 0 Å². The molecule has 50 valence electrons. The second kappa shape index (κ2) is 2.06. The summed E-state index contributed by atoms with van der Waals surface area (Å²) in [6.07, 6.45) is 4.15. The molecule has 0 saturated heterocycles. The Hall–Kier alpha value is -0.890. The van der Waals surface area contributed by atoms with Gasteiger partial charge in [-0.3, -0.25) is 0 Å². The van der Waals surface area contributed by atoms with E-state index in [9.17, 15) is 0 Å². The van der Waals surface area contributed by atoms with Gasteiger partial charge in [0.25, 0.3) is 4.83 Å². The molecule has 2 aromatic heterocycles. The molecule has 0 atom stereocenters. The number of thiazole rings is 1. The van der Waals surface area contributed by atoms with E-state index in [0.29, 0.717) is 0 Å². The predicted octanol–water partition coefficient (Wildman–Crippen LogP) is 1.80. The summed E-state index contributed by atoms with van der Waals surface area (Å²) in [5, 5.41) is 2.09. The highest BCUT2D eigenvalue weighted by Gasteiger charge is 2.00. The molecule has 0 unspecified atom stereocenters. The molecular weight excluding hydrogens is 142 g/mol. The maximum absolute atomic E-state index is 2.19. The van der Waals surface area contributed by atoms with Gasteiger partial charge >= 0.3 is 0 Å². The topological polar surface area (TPSA) is 4.10 Å². The normalized spacial score (nSPS) is 10.5. The van der Waals surface area contributed by atoms with Crippen molar-refractivity contribution in [2.75, 3.05) is 0 Å². The van der Waals surface area contributed by atoms with Crippen molar-refractivity contribution in [1.29, 1.82) is 0 Å². The summed E-state index contributed by atoms with van der Waals surface area (Å²) in [4.78, 5) is 1.31. The minimum Gasteiger partial charge on any atom is -0.157 e. The molecule has 0 radical (unpaired) electrons. The molecule has 2 heteroatoms. The first-order chi connectivity index (χ1) is 4.86. The molecule has 0 spiro atoms. The molecule has 0 bridgehead atoms. The van der Waals surface area contributed by atoms with E-state index in [1.165, 1.54) is 10.4 Å². The summed E-state index contributed by atoms with van der Waals surface area (Å²) in [6.45, 7) is 2.11. The number of nitrogens with zero attached hydrogens (tertiary/aromatic N) is 1. The molecule has 0 fully saturated rings. The lowest BCUT2D eigenvalue weighted by atomic mass is 10.3. The maximum Gasteiger partial charge on any atom is 0.267 e. The number of hydrogen-bond acceptors (Lipinski definition) is 1. The molecule has 2 aromatic rings. The van der Waals surface area contributed by atoms with Gasteiger partial charge in [-0.25, -0.2) is 0 Å². The van der Waals surface area contributed by atoms with E-state index in [2.05, 4.69) is 41.2 Å². The van der Waals surface area contributed by atoms with Crippen molar-refractivity contribution < 1.29 is 4.40 Å². The van der Waals surface area contributed by atoms with Crippen molar-refractivity contribution in [3.8, 4) is 0 Å². The number of aryl methyl sites for hydroxylation is 1. The molecule has 0 aromatic carbocycles. The fraction of sp³-hybridized carbons (Fsp3) is 0.125. The van der Waals surface area contributed by atoms with Gasteiger partial charge in [0.1, 0.15) is 0 Å². The van der Waals surface area contributed by atoms with Gasteiger partial charge in [-0.2, -0.15) is 4.40 Å². The monoisotopic (exact) mass is 150 g/mol. The van der Waals surface area contributed by atoms with Gasteiger partial charge in [0.2, 0.25) is 0 Å². The Morgan fingerprint density at radius 2 is 2.30 bits per heavy atom. The maximum atomic E-state index is 2.19. The lowest BCUT2D eigenvalue weighted by Crippen LogP contribution is -2.15. The summed E-state index contributed by atoms with van der Waals surface area (Å²) in [5.74, 6) is 0. The first-order valence-corrected chi connectivity index (χ1v) is 4.09. The molecule has 10 heavy (non-hydrogen) atoms. The summed E-state index contributed by atoms with van der Waals surface area (Å²) in [6, 6.07) is 4.30. The molecule has 2 rings (SSSR count). The van der Waals surface area contributed by atoms with Gasteiger partial charge in [-0.1, -0.05) is 11.3 Å². The largest absolute Gasteiger partial charge is 0.267 e. The van der Waals surface area contributed by atoms with Crippen LogP contribution in [0.15, 0.2) is 29.9 Å². The Labute approximate surface area is 63.6 Å². The van der Waals surface area contributed by atoms with Crippen molar-refractivity contribution >= 4 is 16.2 Å². The standard InChI is InChI=1S/C8H8NS/c1-7-2-3-9-4-5-10-8(9)6-7/h2-6H,1H3/q+1. The molecule has 0 aliphatic rings. The van der Waals surface area contributed by atoms with Crippen molar-refractivity contribution in [2.45, 2.75) is 6.92 Å². The number of hydrogen-bond donors (Lipinski definition) is 0. The number of rotatable bonds is 0. The summed E-state index contributed by atoms with van der Waals surface area (Å²) in [7, 11) is 0. The number of aromatic nitrogens is 1. The zero-order valence-electron chi connectivity index (χ0n) is 5.74. The van der Waals surface area contributed by atoms with Gasteiger partial charge in [0.15, 0.2) is 12.4 Å². The van der Waals surface area contributed by atoms with Gasteiger partial charge < -0.3 is 0 Å². The molecule has 0 aliphatic carbocycles. The second-order valence-corrected chi connectivity index (χ2v) is 3.28. The zero-order chi connectivity index (χ0) is 6.97. The van der Waals surface area contributed by atoms with Gasteiger partial charge in [0, 0.05) is 12.1 Å². The molecule has 0 amide bonds. The van der Waals surface area contributed by atoms with E-state index < -0.39 is 0 Å². The van der Waals surface area contributed by atoms with Crippen LogP contribution in [0.1, 0.15) is 5.56 Å². The molecular formula is C8H8NS+. The van der Waals surface area contributed by atoms with Gasteiger partial charge in [-0.15, -0.1) is 0 Å². The third-order valence-corrected chi connectivity index (χ3v) is 2.34. The molecule has 0 aliphatic heterocycles. The predicted molar refractivity (Wildman–Crippen MR) is 42.2 cm³/mol.